The molecular weight excluding hydrogens is 368 g/mol. The van der Waals surface area contributed by atoms with Gasteiger partial charge < -0.3 is 40.1 Å². The van der Waals surface area contributed by atoms with E-state index in [2.05, 4.69) is 0 Å². The first-order chi connectivity index (χ1) is 12.6. The van der Waals surface area contributed by atoms with Crippen molar-refractivity contribution in [1.29, 1.82) is 0 Å². The van der Waals surface area contributed by atoms with Gasteiger partial charge in [0.2, 0.25) is 0 Å². The summed E-state index contributed by atoms with van der Waals surface area (Å²) >= 11 is 0. The van der Waals surface area contributed by atoms with Crippen molar-refractivity contribution in [2.24, 2.45) is 0 Å². The van der Waals surface area contributed by atoms with Crippen LogP contribution in [-0.2, 0) is 9.47 Å². The maximum atomic E-state index is 12.9. The Bertz CT molecular complexity index is 805. The fourth-order valence-electron chi connectivity index (χ4n) is 3.40. The third-order valence-corrected chi connectivity index (χ3v) is 5.00. The van der Waals surface area contributed by atoms with Gasteiger partial charge >= 0.3 is 5.69 Å². The van der Waals surface area contributed by atoms with Gasteiger partial charge in [0, 0.05) is 12.3 Å². The van der Waals surface area contributed by atoms with Gasteiger partial charge in [0.05, 0.1) is 13.2 Å². The number of hydrogen-bond donors (Lipinski definition) is 6. The number of aromatic nitrogens is 2. The van der Waals surface area contributed by atoms with E-state index in [1.807, 2.05) is 0 Å². The first-order valence-corrected chi connectivity index (χ1v) is 8.28. The molecule has 1 aromatic heterocycles. The van der Waals surface area contributed by atoms with Crippen LogP contribution in [0.1, 0.15) is 19.4 Å². The summed E-state index contributed by atoms with van der Waals surface area (Å²) in [4.78, 5) is 25.1. The molecule has 0 aromatic carbocycles. The van der Waals surface area contributed by atoms with E-state index in [1.54, 1.807) is 0 Å². The Balaban J connectivity index is 2.06. The topological polar surface area (TPSA) is 184 Å². The van der Waals surface area contributed by atoms with Gasteiger partial charge in [-0.2, -0.15) is 0 Å². The summed E-state index contributed by atoms with van der Waals surface area (Å²) in [5.74, 6) is 0. The summed E-state index contributed by atoms with van der Waals surface area (Å²) in [6, 6.07) is 0.953. The van der Waals surface area contributed by atoms with E-state index < -0.39 is 73.0 Å². The summed E-state index contributed by atoms with van der Waals surface area (Å²) in [5.41, 5.74) is -3.88. The molecule has 2 aliphatic heterocycles. The fourth-order valence-corrected chi connectivity index (χ4v) is 3.40. The number of nitrogens with zero attached hydrogens (tertiary/aromatic N) is 2. The smallest absolute Gasteiger partial charge is 0.335 e. The van der Waals surface area contributed by atoms with Gasteiger partial charge in [-0.05, 0) is 6.92 Å². The van der Waals surface area contributed by atoms with Gasteiger partial charge in [-0.1, -0.05) is 0 Å². The fraction of sp³-hybridized carbons (Fsp3) is 0.733. The SMILES string of the molecule is C[C@@]1(O)[C@H](O)[C@@H](CO)O[C@H]1n1ccc(=O)n(C2O[C@H](CO)[C@@H](O)[C@H]2O)c1=O. The van der Waals surface area contributed by atoms with E-state index in [1.165, 1.54) is 6.92 Å². The maximum Gasteiger partial charge on any atom is 0.335 e. The van der Waals surface area contributed by atoms with Crippen molar-refractivity contribution in [1.82, 2.24) is 9.13 Å². The molecule has 1 aromatic rings. The highest BCUT2D eigenvalue weighted by molar-refractivity contribution is 5.02. The monoisotopic (exact) mass is 390 g/mol. The van der Waals surface area contributed by atoms with Crippen LogP contribution in [0, 0.1) is 0 Å². The van der Waals surface area contributed by atoms with Crippen LogP contribution in [0.4, 0.5) is 0 Å². The number of rotatable bonds is 4. The van der Waals surface area contributed by atoms with Crippen molar-refractivity contribution >= 4 is 0 Å². The quantitative estimate of drug-likeness (QED) is 0.293. The minimum atomic E-state index is -1.97. The molecule has 2 saturated heterocycles. The Kier molecular flexibility index (Phi) is 5.26. The van der Waals surface area contributed by atoms with Gasteiger partial charge in [0.15, 0.2) is 12.5 Å². The second kappa shape index (κ2) is 7.07. The van der Waals surface area contributed by atoms with Crippen LogP contribution in [0.5, 0.6) is 0 Å². The predicted molar refractivity (Wildman–Crippen MR) is 85.6 cm³/mol. The Morgan fingerprint density at radius 3 is 2.22 bits per heavy atom. The first-order valence-electron chi connectivity index (χ1n) is 8.28. The van der Waals surface area contributed by atoms with E-state index in [0.29, 0.717) is 4.57 Å². The molecule has 1 unspecified atom stereocenters. The van der Waals surface area contributed by atoms with Gasteiger partial charge in [0.25, 0.3) is 5.56 Å². The van der Waals surface area contributed by atoms with Crippen LogP contribution in [0.25, 0.3) is 0 Å². The lowest BCUT2D eigenvalue weighted by Gasteiger charge is -2.28. The molecule has 2 aliphatic rings. The summed E-state index contributed by atoms with van der Waals surface area (Å²) in [6.07, 6.45) is -9.03. The molecule has 0 spiro atoms. The highest BCUT2D eigenvalue weighted by Gasteiger charge is 2.53. The van der Waals surface area contributed by atoms with Crippen molar-refractivity contribution in [2.75, 3.05) is 13.2 Å². The molecule has 8 atom stereocenters. The van der Waals surface area contributed by atoms with E-state index in [9.17, 15) is 35.1 Å². The van der Waals surface area contributed by atoms with Crippen LogP contribution in [0.2, 0.25) is 0 Å². The molecule has 0 amide bonds. The van der Waals surface area contributed by atoms with Crippen molar-refractivity contribution in [3.63, 3.8) is 0 Å². The molecule has 0 aliphatic carbocycles. The third-order valence-electron chi connectivity index (χ3n) is 5.00. The normalized spacial score (nSPS) is 42.0. The first kappa shape index (κ1) is 20.1. The van der Waals surface area contributed by atoms with E-state index >= 15 is 0 Å². The molecule has 0 bridgehead atoms. The Morgan fingerprint density at radius 2 is 1.70 bits per heavy atom. The Morgan fingerprint density at radius 1 is 1.07 bits per heavy atom. The van der Waals surface area contributed by atoms with Gasteiger partial charge in [-0.25, -0.2) is 9.36 Å². The zero-order valence-electron chi connectivity index (χ0n) is 14.3. The van der Waals surface area contributed by atoms with Crippen LogP contribution in [0.15, 0.2) is 21.9 Å². The molecule has 2 fully saturated rings. The summed E-state index contributed by atoms with van der Waals surface area (Å²) in [5, 5.41) is 59.0. The Hall–Kier alpha value is -1.64. The number of hydrogen-bond acceptors (Lipinski definition) is 10. The van der Waals surface area contributed by atoms with E-state index in [0.717, 1.165) is 16.8 Å². The second-order valence-corrected chi connectivity index (χ2v) is 6.82. The molecule has 6 N–H and O–H groups in total. The molecular formula is C15H22N2O10. The van der Waals surface area contributed by atoms with Gasteiger partial charge in [-0.3, -0.25) is 9.36 Å². The average molecular weight is 390 g/mol. The lowest BCUT2D eigenvalue weighted by Crippen LogP contribution is -2.50. The second-order valence-electron chi connectivity index (χ2n) is 6.82. The molecule has 0 saturated carbocycles. The van der Waals surface area contributed by atoms with Crippen molar-refractivity contribution in [2.45, 2.75) is 55.5 Å². The van der Waals surface area contributed by atoms with Crippen molar-refractivity contribution < 1.29 is 40.1 Å². The standard InChI is InChI=1S/C15H22N2O10/c1-15(25)11(23)7(5-19)27-13(15)16-3-2-8(20)17(14(16)24)12-10(22)9(21)6(4-18)26-12/h2-3,6-7,9-13,18-19,21-23,25H,4-5H2,1H3/t6-,7-,9-,10-,11-,12?,13-,15-/m1/s1. The van der Waals surface area contributed by atoms with Gasteiger partial charge in [0.1, 0.15) is 36.1 Å². The predicted octanol–water partition coefficient (Wildman–Crippen LogP) is -4.38. The lowest BCUT2D eigenvalue weighted by molar-refractivity contribution is -0.102. The average Bonchev–Trinajstić information content (AvgIpc) is 3.03. The zero-order valence-corrected chi connectivity index (χ0v) is 14.3. The van der Waals surface area contributed by atoms with E-state index in [-0.39, 0.29) is 0 Å². The molecule has 3 heterocycles. The minimum absolute atomic E-state index is 0.516. The summed E-state index contributed by atoms with van der Waals surface area (Å²) < 4.78 is 11.9. The lowest BCUT2D eigenvalue weighted by atomic mass is 9.96. The van der Waals surface area contributed by atoms with Gasteiger partial charge in [-0.15, -0.1) is 0 Å². The maximum absolute atomic E-state index is 12.9. The number of aliphatic hydroxyl groups excluding tert-OH is 5. The van der Waals surface area contributed by atoms with E-state index in [4.69, 9.17) is 14.6 Å². The molecule has 152 valence electrons. The highest BCUT2D eigenvalue weighted by Crippen LogP contribution is 2.37. The molecule has 12 nitrogen and oxygen atoms in total. The minimum Gasteiger partial charge on any atom is -0.394 e. The largest absolute Gasteiger partial charge is 0.394 e. The number of aliphatic hydroxyl groups is 6. The van der Waals surface area contributed by atoms with Crippen LogP contribution in [-0.4, -0.2) is 89.1 Å². The zero-order chi connectivity index (χ0) is 20.1. The molecule has 0 radical (unpaired) electrons. The third kappa shape index (κ3) is 3.03. The Labute approximate surface area is 152 Å². The van der Waals surface area contributed by atoms with Crippen LogP contribution < -0.4 is 11.2 Å². The van der Waals surface area contributed by atoms with Crippen molar-refractivity contribution in [3.8, 4) is 0 Å². The number of ether oxygens (including phenoxy) is 2. The van der Waals surface area contributed by atoms with Crippen LogP contribution >= 0.6 is 0 Å². The summed E-state index contributed by atoms with van der Waals surface area (Å²) in [7, 11) is 0. The molecule has 3 rings (SSSR count). The van der Waals surface area contributed by atoms with Crippen LogP contribution in [0.3, 0.4) is 0 Å². The van der Waals surface area contributed by atoms with Crippen molar-refractivity contribution in [3.05, 3.63) is 33.1 Å². The summed E-state index contributed by atoms with van der Waals surface area (Å²) in [6.45, 7) is -0.0569. The molecule has 12 heteroatoms. The molecule has 27 heavy (non-hydrogen) atoms. The highest BCUT2D eigenvalue weighted by atomic mass is 16.6.